The van der Waals surface area contributed by atoms with Gasteiger partial charge in [0.15, 0.2) is 0 Å². The average Bonchev–Trinajstić information content (AvgIpc) is 2.74. The molecule has 8 heteroatoms. The Kier molecular flexibility index (Phi) is 5.19. The van der Waals surface area contributed by atoms with Crippen LogP contribution >= 0.6 is 0 Å². The quantitative estimate of drug-likeness (QED) is 0.690. The fourth-order valence-corrected chi connectivity index (χ4v) is 3.98. The molecule has 3 aromatic rings. The number of carbonyl (C=O) groups excluding carboxylic acids is 1. The van der Waals surface area contributed by atoms with E-state index in [1.165, 1.54) is 6.07 Å². The first-order valence-corrected chi connectivity index (χ1v) is 9.95. The van der Waals surface area contributed by atoms with Crippen LogP contribution in [0.4, 0.5) is 11.6 Å². The molecule has 1 aromatic carbocycles. The fourth-order valence-electron chi connectivity index (χ4n) is 3.98. The van der Waals surface area contributed by atoms with Crippen molar-refractivity contribution in [2.75, 3.05) is 5.32 Å². The zero-order valence-corrected chi connectivity index (χ0v) is 16.6. The van der Waals surface area contributed by atoms with E-state index in [2.05, 4.69) is 22.2 Å². The third-order valence-electron chi connectivity index (χ3n) is 5.65. The van der Waals surface area contributed by atoms with Crippen molar-refractivity contribution in [3.8, 4) is 6.07 Å². The van der Waals surface area contributed by atoms with E-state index in [-0.39, 0.29) is 17.2 Å². The summed E-state index contributed by atoms with van der Waals surface area (Å²) >= 11 is 0. The van der Waals surface area contributed by atoms with Crippen LogP contribution in [0.3, 0.4) is 0 Å². The molecule has 0 atom stereocenters. The molecule has 2 aromatic heterocycles. The van der Waals surface area contributed by atoms with Gasteiger partial charge in [-0.15, -0.1) is 0 Å². The average molecular weight is 402 g/mol. The van der Waals surface area contributed by atoms with Gasteiger partial charge < -0.3 is 11.1 Å². The van der Waals surface area contributed by atoms with Gasteiger partial charge in [0.1, 0.15) is 17.3 Å². The van der Waals surface area contributed by atoms with Crippen molar-refractivity contribution in [3.05, 3.63) is 58.0 Å². The highest BCUT2D eigenvalue weighted by atomic mass is 16.1. The number of benzene rings is 1. The van der Waals surface area contributed by atoms with Crippen LogP contribution in [0.2, 0.25) is 0 Å². The predicted molar refractivity (Wildman–Crippen MR) is 113 cm³/mol. The standard InChI is InChI=1S/C22H22N6O2/c1-13-5-7-18(8-6-13)28-20-16(9-15(11-23)21(28)30)12-25-22(27-20)26-17-4-2-3-14(10-17)19(24)29/h2-4,9-10,12-13,18H,5-8H2,1H3,(H2,24,29)(H,25,26,27). The predicted octanol–water partition coefficient (Wildman–Crippen LogP) is 3.26. The third kappa shape index (κ3) is 3.74. The van der Waals surface area contributed by atoms with Crippen LogP contribution < -0.4 is 16.6 Å². The van der Waals surface area contributed by atoms with E-state index in [1.54, 1.807) is 35.0 Å². The van der Waals surface area contributed by atoms with Gasteiger partial charge in [-0.1, -0.05) is 13.0 Å². The molecule has 0 spiro atoms. The van der Waals surface area contributed by atoms with E-state index in [0.29, 0.717) is 34.2 Å². The highest BCUT2D eigenvalue weighted by Crippen LogP contribution is 2.32. The summed E-state index contributed by atoms with van der Waals surface area (Å²) in [5.74, 6) is 0.403. The molecular formula is C22H22N6O2. The second-order valence-electron chi connectivity index (χ2n) is 7.80. The number of amides is 1. The summed E-state index contributed by atoms with van der Waals surface area (Å²) in [6.07, 6.45) is 5.42. The lowest BCUT2D eigenvalue weighted by molar-refractivity contribution is 0.100. The summed E-state index contributed by atoms with van der Waals surface area (Å²) in [5, 5.41) is 13.1. The number of anilines is 2. The van der Waals surface area contributed by atoms with Gasteiger partial charge in [-0.25, -0.2) is 4.98 Å². The van der Waals surface area contributed by atoms with Crippen molar-refractivity contribution in [1.82, 2.24) is 14.5 Å². The molecule has 0 radical (unpaired) electrons. The molecule has 3 N–H and O–H groups in total. The number of fused-ring (bicyclic) bond motifs is 1. The van der Waals surface area contributed by atoms with Crippen LogP contribution in [0.15, 0.2) is 41.3 Å². The van der Waals surface area contributed by atoms with Crippen molar-refractivity contribution in [2.24, 2.45) is 11.7 Å². The topological polar surface area (TPSA) is 127 Å². The fraction of sp³-hybridized carbons (Fsp3) is 0.318. The molecule has 0 bridgehead atoms. The number of nitrogens with two attached hydrogens (primary N) is 1. The van der Waals surface area contributed by atoms with Gasteiger partial charge in [-0.05, 0) is 55.9 Å². The smallest absolute Gasteiger partial charge is 0.270 e. The summed E-state index contributed by atoms with van der Waals surface area (Å²) < 4.78 is 1.66. The molecule has 1 saturated carbocycles. The minimum absolute atomic E-state index is 0.00504. The normalized spacial score (nSPS) is 18.7. The first kappa shape index (κ1) is 19.6. The Morgan fingerprint density at radius 2 is 2.03 bits per heavy atom. The van der Waals surface area contributed by atoms with E-state index in [9.17, 15) is 14.9 Å². The number of hydrogen-bond donors (Lipinski definition) is 2. The van der Waals surface area contributed by atoms with E-state index >= 15 is 0 Å². The summed E-state index contributed by atoms with van der Waals surface area (Å²) in [5.41, 5.74) is 6.61. The van der Waals surface area contributed by atoms with Gasteiger partial charge in [0.2, 0.25) is 11.9 Å². The molecule has 0 saturated heterocycles. The lowest BCUT2D eigenvalue weighted by Crippen LogP contribution is -2.30. The van der Waals surface area contributed by atoms with Crippen LogP contribution in [0.1, 0.15) is 54.6 Å². The minimum Gasteiger partial charge on any atom is -0.366 e. The summed E-state index contributed by atoms with van der Waals surface area (Å²) in [6, 6.07) is 10.3. The Hall–Kier alpha value is -3.73. The largest absolute Gasteiger partial charge is 0.366 e. The molecule has 1 fully saturated rings. The number of carbonyl (C=O) groups is 1. The highest BCUT2D eigenvalue weighted by Gasteiger charge is 2.24. The maximum Gasteiger partial charge on any atom is 0.270 e. The molecule has 1 amide bonds. The number of pyridine rings is 1. The zero-order chi connectivity index (χ0) is 21.3. The zero-order valence-electron chi connectivity index (χ0n) is 16.6. The molecule has 1 aliphatic carbocycles. The number of nitriles is 1. The van der Waals surface area contributed by atoms with Gasteiger partial charge in [-0.2, -0.15) is 10.2 Å². The van der Waals surface area contributed by atoms with E-state index in [1.807, 2.05) is 6.07 Å². The number of nitrogens with one attached hydrogen (secondary N) is 1. The second-order valence-corrected chi connectivity index (χ2v) is 7.80. The van der Waals surface area contributed by atoms with Gasteiger partial charge in [0, 0.05) is 28.9 Å². The lowest BCUT2D eigenvalue weighted by Gasteiger charge is -2.28. The highest BCUT2D eigenvalue weighted by molar-refractivity contribution is 5.93. The van der Waals surface area contributed by atoms with E-state index < -0.39 is 5.91 Å². The molecule has 1 aliphatic rings. The molecule has 2 heterocycles. The maximum atomic E-state index is 13.0. The van der Waals surface area contributed by atoms with Crippen LogP contribution in [0.25, 0.3) is 11.0 Å². The molecule has 152 valence electrons. The van der Waals surface area contributed by atoms with Crippen molar-refractivity contribution >= 4 is 28.6 Å². The van der Waals surface area contributed by atoms with Crippen LogP contribution in [-0.2, 0) is 0 Å². The molecule has 4 rings (SSSR count). The van der Waals surface area contributed by atoms with Gasteiger partial charge in [0.25, 0.3) is 5.56 Å². The number of aromatic nitrogens is 3. The van der Waals surface area contributed by atoms with Crippen molar-refractivity contribution in [1.29, 1.82) is 5.26 Å². The minimum atomic E-state index is -0.525. The number of rotatable bonds is 4. The lowest BCUT2D eigenvalue weighted by atomic mass is 9.87. The molecule has 0 aliphatic heterocycles. The summed E-state index contributed by atoms with van der Waals surface area (Å²) in [6.45, 7) is 2.22. The Morgan fingerprint density at radius 3 is 2.73 bits per heavy atom. The molecular weight excluding hydrogens is 380 g/mol. The number of nitrogens with zero attached hydrogens (tertiary/aromatic N) is 4. The first-order valence-electron chi connectivity index (χ1n) is 9.95. The van der Waals surface area contributed by atoms with E-state index in [0.717, 1.165) is 25.7 Å². The Labute approximate surface area is 173 Å². The second kappa shape index (κ2) is 7.95. The van der Waals surface area contributed by atoms with Crippen molar-refractivity contribution < 1.29 is 4.79 Å². The molecule has 8 nitrogen and oxygen atoms in total. The Balaban J connectivity index is 1.79. The molecule has 0 unspecified atom stereocenters. The SMILES string of the molecule is CC1CCC(n2c(=O)c(C#N)cc3cnc(Nc4cccc(C(N)=O)c4)nc32)CC1. The van der Waals surface area contributed by atoms with Crippen LogP contribution in [-0.4, -0.2) is 20.4 Å². The van der Waals surface area contributed by atoms with Crippen molar-refractivity contribution in [3.63, 3.8) is 0 Å². The Morgan fingerprint density at radius 1 is 1.27 bits per heavy atom. The Bertz CT molecular complexity index is 1220. The number of primary amides is 1. The van der Waals surface area contributed by atoms with Gasteiger partial charge in [0.05, 0.1) is 0 Å². The van der Waals surface area contributed by atoms with Crippen molar-refractivity contribution in [2.45, 2.75) is 38.6 Å². The van der Waals surface area contributed by atoms with Gasteiger partial charge >= 0.3 is 0 Å². The van der Waals surface area contributed by atoms with Crippen LogP contribution in [0.5, 0.6) is 0 Å². The summed E-state index contributed by atoms with van der Waals surface area (Å²) in [4.78, 5) is 33.3. The third-order valence-corrected chi connectivity index (χ3v) is 5.65. The monoisotopic (exact) mass is 402 g/mol. The maximum absolute atomic E-state index is 13.0. The number of hydrogen-bond acceptors (Lipinski definition) is 6. The summed E-state index contributed by atoms with van der Waals surface area (Å²) in [7, 11) is 0. The molecule has 30 heavy (non-hydrogen) atoms. The van der Waals surface area contributed by atoms with E-state index in [4.69, 9.17) is 5.73 Å². The van der Waals surface area contributed by atoms with Gasteiger partial charge in [-0.3, -0.25) is 14.2 Å². The van der Waals surface area contributed by atoms with Crippen LogP contribution in [0, 0.1) is 17.2 Å². The first-order chi connectivity index (χ1) is 14.5.